The second-order valence-electron chi connectivity index (χ2n) is 5.58. The zero-order valence-electron chi connectivity index (χ0n) is 13.0. The van der Waals surface area contributed by atoms with E-state index in [-0.39, 0.29) is 12.4 Å². The van der Waals surface area contributed by atoms with Gasteiger partial charge in [0.05, 0.1) is 6.54 Å². The first-order valence-corrected chi connectivity index (χ1v) is 7.97. The summed E-state index contributed by atoms with van der Waals surface area (Å²) in [5.41, 5.74) is 1.36. The number of aryl methyl sites for hydroxylation is 1. The van der Waals surface area contributed by atoms with Gasteiger partial charge in [-0.25, -0.2) is 9.13 Å². The van der Waals surface area contributed by atoms with Crippen LogP contribution in [0.25, 0.3) is 0 Å². The van der Waals surface area contributed by atoms with Gasteiger partial charge in [0.1, 0.15) is 18.9 Å². The van der Waals surface area contributed by atoms with Crippen molar-refractivity contribution < 1.29 is 17.0 Å². The minimum absolute atomic E-state index is 0. The molecule has 0 fully saturated rings. The van der Waals surface area contributed by atoms with Gasteiger partial charge < -0.3 is 12.4 Å². The summed E-state index contributed by atoms with van der Waals surface area (Å²) in [7, 11) is 0. The van der Waals surface area contributed by atoms with Gasteiger partial charge in [-0.1, -0.05) is 62.9 Å². The summed E-state index contributed by atoms with van der Waals surface area (Å²) in [5, 5.41) is 0. The van der Waals surface area contributed by atoms with E-state index in [1.54, 1.807) is 0 Å². The Kier molecular flexibility index (Phi) is 8.84. The van der Waals surface area contributed by atoms with Crippen LogP contribution in [0.1, 0.15) is 51.0 Å². The highest BCUT2D eigenvalue weighted by Gasteiger charge is 2.04. The van der Waals surface area contributed by atoms with Crippen LogP contribution in [0.5, 0.6) is 0 Å². The quantitative estimate of drug-likeness (QED) is 0.486. The molecule has 0 unspecified atom stereocenters. The molecule has 0 saturated carbocycles. The zero-order chi connectivity index (χ0) is 14.0. The predicted octanol–water partition coefficient (Wildman–Crippen LogP) is 1.19. The Balaban J connectivity index is 0.00000220. The van der Waals surface area contributed by atoms with Crippen LogP contribution in [0.2, 0.25) is 0 Å². The molecular weight excluding hydrogens is 280 g/mol. The molecule has 0 spiro atoms. The van der Waals surface area contributed by atoms with Crippen molar-refractivity contribution in [2.75, 3.05) is 0 Å². The molecule has 1 aromatic carbocycles. The molecule has 0 aliphatic carbocycles. The van der Waals surface area contributed by atoms with E-state index >= 15 is 0 Å². The minimum atomic E-state index is 0. The molecule has 0 saturated heterocycles. The number of hydrogen-bond acceptors (Lipinski definition) is 0. The molecule has 0 radical (unpaired) electrons. The molecule has 0 atom stereocenters. The van der Waals surface area contributed by atoms with E-state index in [1.807, 2.05) is 0 Å². The second kappa shape index (κ2) is 10.4. The van der Waals surface area contributed by atoms with Crippen molar-refractivity contribution in [2.45, 2.75) is 58.5 Å². The fraction of sp³-hybridized carbons (Fsp3) is 0.500. The first-order valence-electron chi connectivity index (χ1n) is 7.97. The molecule has 0 aliphatic heterocycles. The summed E-state index contributed by atoms with van der Waals surface area (Å²) < 4.78 is 4.56. The van der Waals surface area contributed by atoms with Crippen molar-refractivity contribution in [3.8, 4) is 0 Å². The van der Waals surface area contributed by atoms with E-state index < -0.39 is 0 Å². The highest BCUT2D eigenvalue weighted by Crippen LogP contribution is 2.06. The van der Waals surface area contributed by atoms with Crippen LogP contribution in [0.4, 0.5) is 0 Å². The highest BCUT2D eigenvalue weighted by molar-refractivity contribution is 5.13. The van der Waals surface area contributed by atoms with Crippen molar-refractivity contribution in [1.29, 1.82) is 0 Å². The molecular formula is C18H27ClN2. The molecule has 0 N–H and O–H groups in total. The average Bonchev–Trinajstić information content (AvgIpc) is 2.91. The van der Waals surface area contributed by atoms with Gasteiger partial charge in [-0.2, -0.15) is 0 Å². The van der Waals surface area contributed by atoms with E-state index in [4.69, 9.17) is 0 Å². The van der Waals surface area contributed by atoms with Crippen LogP contribution >= 0.6 is 0 Å². The Morgan fingerprint density at radius 3 is 2.43 bits per heavy atom. The van der Waals surface area contributed by atoms with Crippen molar-refractivity contribution in [2.24, 2.45) is 0 Å². The Labute approximate surface area is 135 Å². The highest BCUT2D eigenvalue weighted by atomic mass is 35.5. The van der Waals surface area contributed by atoms with Gasteiger partial charge in [-0.3, -0.25) is 0 Å². The van der Waals surface area contributed by atoms with Gasteiger partial charge in [0.25, 0.3) is 0 Å². The van der Waals surface area contributed by atoms with E-state index in [9.17, 15) is 0 Å². The molecule has 0 bridgehead atoms. The van der Waals surface area contributed by atoms with Crippen LogP contribution < -0.4 is 17.0 Å². The third-order valence-corrected chi connectivity index (χ3v) is 3.72. The first-order chi connectivity index (χ1) is 9.88. The summed E-state index contributed by atoms with van der Waals surface area (Å²) >= 11 is 0. The molecule has 3 heteroatoms. The predicted molar refractivity (Wildman–Crippen MR) is 83.5 cm³/mol. The SMILES string of the molecule is CCCCCCCCn1cc[n+](Cc2ccccc2)c1.[Cl-]. The zero-order valence-corrected chi connectivity index (χ0v) is 13.8. The number of imidazole rings is 1. The van der Waals surface area contributed by atoms with Crippen molar-refractivity contribution >= 4 is 0 Å². The lowest BCUT2D eigenvalue weighted by Crippen LogP contribution is -3.00. The lowest BCUT2D eigenvalue weighted by Gasteiger charge is -1.99. The van der Waals surface area contributed by atoms with E-state index in [0.29, 0.717) is 0 Å². The molecule has 0 amide bonds. The van der Waals surface area contributed by atoms with Gasteiger partial charge in [0, 0.05) is 0 Å². The Morgan fingerprint density at radius 1 is 0.952 bits per heavy atom. The number of benzene rings is 1. The fourth-order valence-corrected chi connectivity index (χ4v) is 2.53. The Morgan fingerprint density at radius 2 is 1.67 bits per heavy atom. The maximum atomic E-state index is 2.31. The number of aromatic nitrogens is 2. The second-order valence-corrected chi connectivity index (χ2v) is 5.58. The van der Waals surface area contributed by atoms with Crippen LogP contribution in [0.15, 0.2) is 49.1 Å². The number of nitrogens with zero attached hydrogens (tertiary/aromatic N) is 2. The molecule has 21 heavy (non-hydrogen) atoms. The molecule has 116 valence electrons. The number of rotatable bonds is 9. The molecule has 2 nitrogen and oxygen atoms in total. The number of halogens is 1. The molecule has 1 heterocycles. The van der Waals surface area contributed by atoms with Crippen molar-refractivity contribution in [1.82, 2.24) is 4.57 Å². The van der Waals surface area contributed by atoms with Crippen molar-refractivity contribution in [3.63, 3.8) is 0 Å². The summed E-state index contributed by atoms with van der Waals surface area (Å²) in [5.74, 6) is 0. The maximum Gasteiger partial charge on any atom is 0.244 e. The topological polar surface area (TPSA) is 8.81 Å². The summed E-state index contributed by atoms with van der Waals surface area (Å²) in [4.78, 5) is 0. The lowest BCUT2D eigenvalue weighted by atomic mass is 10.1. The van der Waals surface area contributed by atoms with Crippen molar-refractivity contribution in [3.05, 3.63) is 54.6 Å². The van der Waals surface area contributed by atoms with Crippen LogP contribution in [-0.4, -0.2) is 4.57 Å². The van der Waals surface area contributed by atoms with Gasteiger partial charge in [0.2, 0.25) is 6.33 Å². The minimum Gasteiger partial charge on any atom is -1.00 e. The molecule has 1 aromatic heterocycles. The largest absolute Gasteiger partial charge is 1.00 e. The van der Waals surface area contributed by atoms with Gasteiger partial charge in [-0.15, -0.1) is 0 Å². The number of unbranched alkanes of at least 4 members (excludes halogenated alkanes) is 5. The summed E-state index contributed by atoms with van der Waals surface area (Å²) in [6.07, 6.45) is 14.7. The monoisotopic (exact) mass is 306 g/mol. The standard InChI is InChI=1S/C18H27N2.ClH/c1-2-3-4-5-6-10-13-19-14-15-20(17-19)16-18-11-8-7-9-12-18;/h7-9,11-12,14-15,17H,2-6,10,13,16H2,1H3;1H/q+1;/p-1. The molecule has 2 aromatic rings. The molecule has 0 aliphatic rings. The van der Waals surface area contributed by atoms with Crippen LogP contribution in [-0.2, 0) is 13.1 Å². The van der Waals surface area contributed by atoms with E-state index in [2.05, 4.69) is 65.1 Å². The summed E-state index contributed by atoms with van der Waals surface area (Å²) in [6.45, 7) is 4.38. The molecule has 2 rings (SSSR count). The maximum absolute atomic E-state index is 2.31. The number of hydrogen-bond donors (Lipinski definition) is 0. The Bertz CT molecular complexity index is 479. The van der Waals surface area contributed by atoms with Gasteiger partial charge in [-0.05, 0) is 18.4 Å². The summed E-state index contributed by atoms with van der Waals surface area (Å²) in [6, 6.07) is 10.6. The van der Waals surface area contributed by atoms with E-state index in [0.717, 1.165) is 13.1 Å². The van der Waals surface area contributed by atoms with Crippen LogP contribution in [0, 0.1) is 0 Å². The van der Waals surface area contributed by atoms with Gasteiger partial charge in [0.15, 0.2) is 0 Å². The average molecular weight is 307 g/mol. The fourth-order valence-electron chi connectivity index (χ4n) is 2.53. The smallest absolute Gasteiger partial charge is 0.244 e. The van der Waals surface area contributed by atoms with Gasteiger partial charge >= 0.3 is 0 Å². The normalized spacial score (nSPS) is 10.3. The Hall–Kier alpha value is -1.28. The van der Waals surface area contributed by atoms with Crippen LogP contribution in [0.3, 0.4) is 0 Å². The van der Waals surface area contributed by atoms with E-state index in [1.165, 1.54) is 44.1 Å². The first kappa shape index (κ1) is 17.8. The third kappa shape index (κ3) is 6.81. The lowest BCUT2D eigenvalue weighted by molar-refractivity contribution is -0.687. The third-order valence-electron chi connectivity index (χ3n) is 3.72.